The van der Waals surface area contributed by atoms with E-state index in [1.807, 2.05) is 0 Å². The van der Waals surface area contributed by atoms with Crippen LogP contribution in [0.4, 0.5) is 0 Å². The molecule has 0 saturated carbocycles. The molecule has 10 heavy (non-hydrogen) atoms. The minimum atomic E-state index is -4.20. The second-order valence-electron chi connectivity index (χ2n) is 1.38. The van der Waals surface area contributed by atoms with Gasteiger partial charge in [-0.2, -0.15) is 8.42 Å². The summed E-state index contributed by atoms with van der Waals surface area (Å²) in [6.45, 7) is 1.46. The summed E-state index contributed by atoms with van der Waals surface area (Å²) in [5, 5.41) is 8.36. The van der Waals surface area contributed by atoms with Gasteiger partial charge in [0.2, 0.25) is 0 Å². The van der Waals surface area contributed by atoms with Crippen molar-refractivity contribution in [1.29, 1.82) is 0 Å². The van der Waals surface area contributed by atoms with Crippen LogP contribution in [0.1, 0.15) is 16.2 Å². The summed E-state index contributed by atoms with van der Waals surface area (Å²) in [7, 11) is -4.20. The first-order valence-electron chi connectivity index (χ1n) is 2.13. The van der Waals surface area contributed by atoms with Crippen LogP contribution in [0.25, 0.3) is 0 Å². The van der Waals surface area contributed by atoms with Crippen molar-refractivity contribution in [2.45, 2.75) is 18.8 Å². The number of rotatable bonds is 2. The fourth-order valence-corrected chi connectivity index (χ4v) is 0.632. The first-order valence-corrected chi connectivity index (χ1v) is 3.63. The van der Waals surface area contributed by atoms with E-state index in [9.17, 15) is 8.42 Å². The Morgan fingerprint density at radius 2 is 1.80 bits per heavy atom. The average molecular weight is 188 g/mol. The van der Waals surface area contributed by atoms with Gasteiger partial charge in [0.1, 0.15) is 0 Å². The molecule has 0 rings (SSSR count). The number of aliphatic hydroxyl groups is 1. The molecule has 2 N–H and O–H groups in total. The van der Waals surface area contributed by atoms with Crippen molar-refractivity contribution in [3.8, 4) is 0 Å². The van der Waals surface area contributed by atoms with Crippen molar-refractivity contribution in [2.75, 3.05) is 0 Å². The standard InChI is InChI=1S/C3H8O4S.2Na.2H/c1-2-3(4)8(5,6)7;;;;/h3-4H,2H2,1H3,(H,5,6,7);;;;/q;2*+1;2*-1. The van der Waals surface area contributed by atoms with Crippen LogP contribution in [0.5, 0.6) is 0 Å². The van der Waals surface area contributed by atoms with Crippen molar-refractivity contribution < 1.29 is 80.0 Å². The molecule has 0 aliphatic rings. The summed E-state index contributed by atoms with van der Waals surface area (Å²) in [6, 6.07) is 0. The zero-order valence-corrected chi connectivity index (χ0v) is 11.2. The van der Waals surface area contributed by atoms with Crippen LogP contribution in [0.15, 0.2) is 0 Å². The molecular weight excluding hydrogens is 178 g/mol. The van der Waals surface area contributed by atoms with E-state index in [0.29, 0.717) is 0 Å². The van der Waals surface area contributed by atoms with Gasteiger partial charge in [0, 0.05) is 0 Å². The zero-order valence-electron chi connectivity index (χ0n) is 8.40. The second kappa shape index (κ2) is 7.52. The van der Waals surface area contributed by atoms with E-state index in [1.54, 1.807) is 0 Å². The van der Waals surface area contributed by atoms with E-state index < -0.39 is 15.6 Å². The molecule has 4 nitrogen and oxygen atoms in total. The second-order valence-corrected chi connectivity index (χ2v) is 2.95. The number of hydrogen-bond donors (Lipinski definition) is 2. The molecule has 1 atom stereocenters. The molecule has 0 spiro atoms. The summed E-state index contributed by atoms with van der Waals surface area (Å²) >= 11 is 0. The number of aliphatic hydroxyl groups excluding tert-OH is 1. The van der Waals surface area contributed by atoms with Gasteiger partial charge in [-0.05, 0) is 6.42 Å². The molecule has 0 fully saturated rings. The van der Waals surface area contributed by atoms with Gasteiger partial charge >= 0.3 is 59.1 Å². The predicted molar refractivity (Wildman–Crippen MR) is 30.1 cm³/mol. The van der Waals surface area contributed by atoms with Crippen LogP contribution in [0.2, 0.25) is 0 Å². The Kier molecular flexibility index (Phi) is 13.4. The van der Waals surface area contributed by atoms with Gasteiger partial charge in [0.05, 0.1) is 0 Å². The molecule has 7 heteroatoms. The third-order valence-electron chi connectivity index (χ3n) is 0.693. The molecule has 0 aromatic carbocycles. The Bertz CT molecular complexity index is 162. The quantitative estimate of drug-likeness (QED) is 0.334. The molecule has 0 aliphatic carbocycles. The van der Waals surface area contributed by atoms with Gasteiger partial charge in [0.15, 0.2) is 5.44 Å². The molecule has 0 aromatic heterocycles. The molecule has 54 valence electrons. The fraction of sp³-hybridized carbons (Fsp3) is 1.00. The van der Waals surface area contributed by atoms with E-state index in [-0.39, 0.29) is 68.4 Å². The normalized spacial score (nSPS) is 12.7. The first kappa shape index (κ1) is 17.8. The molecule has 0 bridgehead atoms. The van der Waals surface area contributed by atoms with Crippen LogP contribution < -0.4 is 59.1 Å². The van der Waals surface area contributed by atoms with Gasteiger partial charge in [0.25, 0.3) is 10.1 Å². The molecular formula is C3H10Na2O4S. The largest absolute Gasteiger partial charge is 1.00 e. The molecule has 0 heterocycles. The maximum absolute atomic E-state index is 9.87. The maximum atomic E-state index is 9.87. The summed E-state index contributed by atoms with van der Waals surface area (Å²) < 4.78 is 27.7. The van der Waals surface area contributed by atoms with Crippen LogP contribution in [0, 0.1) is 0 Å². The molecule has 0 aliphatic heterocycles. The summed E-state index contributed by atoms with van der Waals surface area (Å²) in [5.41, 5.74) is -1.62. The first-order chi connectivity index (χ1) is 3.48. The monoisotopic (exact) mass is 188 g/mol. The van der Waals surface area contributed by atoms with E-state index in [2.05, 4.69) is 0 Å². The molecule has 0 aromatic rings. The van der Waals surface area contributed by atoms with Crippen molar-refractivity contribution in [2.24, 2.45) is 0 Å². The van der Waals surface area contributed by atoms with Crippen molar-refractivity contribution in [3.05, 3.63) is 0 Å². The molecule has 1 unspecified atom stereocenters. The summed E-state index contributed by atoms with van der Waals surface area (Å²) in [6.07, 6.45) is 0.0127. The Morgan fingerprint density at radius 1 is 1.50 bits per heavy atom. The Morgan fingerprint density at radius 3 is 1.80 bits per heavy atom. The third kappa shape index (κ3) is 7.97. The average Bonchev–Trinajstić information content (AvgIpc) is 1.62. The van der Waals surface area contributed by atoms with Gasteiger partial charge in [-0.3, -0.25) is 4.55 Å². The summed E-state index contributed by atoms with van der Waals surface area (Å²) in [4.78, 5) is 0. The van der Waals surface area contributed by atoms with Gasteiger partial charge < -0.3 is 7.96 Å². The minimum Gasteiger partial charge on any atom is -1.00 e. The molecule has 0 amide bonds. The van der Waals surface area contributed by atoms with E-state index in [1.165, 1.54) is 6.92 Å². The topological polar surface area (TPSA) is 74.6 Å². The molecule has 0 saturated heterocycles. The Labute approximate surface area is 108 Å². The van der Waals surface area contributed by atoms with Gasteiger partial charge in [-0.15, -0.1) is 0 Å². The smallest absolute Gasteiger partial charge is 1.00 e. The van der Waals surface area contributed by atoms with E-state index in [4.69, 9.17) is 9.66 Å². The van der Waals surface area contributed by atoms with Crippen LogP contribution >= 0.6 is 0 Å². The van der Waals surface area contributed by atoms with Crippen LogP contribution in [-0.2, 0) is 10.1 Å². The van der Waals surface area contributed by atoms with Gasteiger partial charge in [-0.25, -0.2) is 0 Å². The summed E-state index contributed by atoms with van der Waals surface area (Å²) in [5.74, 6) is 0. The predicted octanol–water partition coefficient (Wildman–Crippen LogP) is -6.16. The maximum Gasteiger partial charge on any atom is 1.00 e. The van der Waals surface area contributed by atoms with Crippen molar-refractivity contribution in [3.63, 3.8) is 0 Å². The van der Waals surface area contributed by atoms with E-state index in [0.717, 1.165) is 0 Å². The molecule has 0 radical (unpaired) electrons. The van der Waals surface area contributed by atoms with E-state index >= 15 is 0 Å². The van der Waals surface area contributed by atoms with Crippen LogP contribution in [0.3, 0.4) is 0 Å². The number of hydrogen-bond acceptors (Lipinski definition) is 3. The zero-order chi connectivity index (χ0) is 6.78. The third-order valence-corrected chi connectivity index (χ3v) is 1.71. The Balaban J connectivity index is -0.0000000408. The van der Waals surface area contributed by atoms with Crippen molar-refractivity contribution in [1.82, 2.24) is 0 Å². The van der Waals surface area contributed by atoms with Crippen molar-refractivity contribution >= 4 is 10.1 Å². The fourth-order valence-electron chi connectivity index (χ4n) is 0.211. The SMILES string of the molecule is CCC(O)S(=O)(=O)O.[H-].[H-].[Na+].[Na+]. The Hall–Kier alpha value is 1.87. The van der Waals surface area contributed by atoms with Crippen LogP contribution in [-0.4, -0.2) is 23.5 Å². The minimum absolute atomic E-state index is 0. The van der Waals surface area contributed by atoms with Gasteiger partial charge in [-0.1, -0.05) is 6.92 Å².